The second-order valence-electron chi connectivity index (χ2n) is 5.77. The van der Waals surface area contributed by atoms with E-state index in [1.807, 2.05) is 78.9 Å². The highest BCUT2D eigenvalue weighted by Gasteiger charge is 2.05. The fourth-order valence-electron chi connectivity index (χ4n) is 2.47. The summed E-state index contributed by atoms with van der Waals surface area (Å²) in [5.41, 5.74) is 3.49. The molecule has 0 aliphatic carbocycles. The van der Waals surface area contributed by atoms with Gasteiger partial charge >= 0.3 is 0 Å². The van der Waals surface area contributed by atoms with Gasteiger partial charge in [0.2, 0.25) is 5.91 Å². The maximum absolute atomic E-state index is 12.2. The van der Waals surface area contributed by atoms with Gasteiger partial charge in [-0.3, -0.25) is 4.79 Å². The van der Waals surface area contributed by atoms with Crippen LogP contribution >= 0.6 is 0 Å². The van der Waals surface area contributed by atoms with E-state index in [9.17, 15) is 4.79 Å². The summed E-state index contributed by atoms with van der Waals surface area (Å²) in [5.74, 6) is 6.95. The summed E-state index contributed by atoms with van der Waals surface area (Å²) in [5, 5.41) is 2.92. The lowest BCUT2D eigenvalue weighted by atomic mass is 10.1. The molecule has 0 atom stereocenters. The number of ether oxygens (including phenoxy) is 1. The van der Waals surface area contributed by atoms with Crippen LogP contribution in [0, 0.1) is 11.8 Å². The zero-order valence-electron chi connectivity index (χ0n) is 14.5. The molecular weight excluding hydrogens is 322 g/mol. The molecule has 0 aliphatic heterocycles. The van der Waals surface area contributed by atoms with E-state index < -0.39 is 0 Å². The molecule has 0 spiro atoms. The Morgan fingerprint density at radius 3 is 2.31 bits per heavy atom. The quantitative estimate of drug-likeness (QED) is 0.720. The topological polar surface area (TPSA) is 38.3 Å². The number of carbonyl (C=O) groups excluding carboxylic acids is 1. The van der Waals surface area contributed by atoms with Crippen LogP contribution in [0.4, 0.5) is 5.69 Å². The minimum Gasteiger partial charge on any atom is -0.497 e. The molecule has 3 aromatic carbocycles. The van der Waals surface area contributed by atoms with E-state index in [2.05, 4.69) is 17.2 Å². The van der Waals surface area contributed by atoms with Crippen LogP contribution in [0.15, 0.2) is 78.9 Å². The standard InChI is InChI=1S/C23H19NO2/c1-26-22-14-12-20(13-15-22)17-23(25)24-21-9-5-8-19(16-21)11-10-18-6-3-2-4-7-18/h2-9,12-16H,17H2,1H3,(H,24,25). The van der Waals surface area contributed by atoms with Gasteiger partial charge in [-0.25, -0.2) is 0 Å². The van der Waals surface area contributed by atoms with Crippen molar-refractivity contribution in [3.05, 3.63) is 95.6 Å². The average molecular weight is 341 g/mol. The van der Waals surface area contributed by atoms with Gasteiger partial charge < -0.3 is 10.1 Å². The van der Waals surface area contributed by atoms with Crippen molar-refractivity contribution in [2.75, 3.05) is 12.4 Å². The summed E-state index contributed by atoms with van der Waals surface area (Å²) < 4.78 is 5.12. The van der Waals surface area contributed by atoms with E-state index in [0.29, 0.717) is 6.42 Å². The summed E-state index contributed by atoms with van der Waals surface area (Å²) in [4.78, 5) is 12.2. The highest BCUT2D eigenvalue weighted by atomic mass is 16.5. The van der Waals surface area contributed by atoms with Gasteiger partial charge in [0.1, 0.15) is 5.75 Å². The first-order valence-electron chi connectivity index (χ1n) is 8.33. The third kappa shape index (κ3) is 4.99. The van der Waals surface area contributed by atoms with Crippen LogP contribution in [0.1, 0.15) is 16.7 Å². The first kappa shape index (κ1) is 17.3. The largest absolute Gasteiger partial charge is 0.497 e. The lowest BCUT2D eigenvalue weighted by Gasteiger charge is -2.06. The number of rotatable bonds is 4. The summed E-state index contributed by atoms with van der Waals surface area (Å²) >= 11 is 0. The highest BCUT2D eigenvalue weighted by molar-refractivity contribution is 5.92. The molecule has 0 aliphatic rings. The predicted octanol–water partition coefficient (Wildman–Crippen LogP) is 4.28. The number of hydrogen-bond donors (Lipinski definition) is 1. The van der Waals surface area contributed by atoms with E-state index >= 15 is 0 Å². The van der Waals surface area contributed by atoms with Crippen LogP contribution in [0.3, 0.4) is 0 Å². The number of nitrogens with one attached hydrogen (secondary N) is 1. The van der Waals surface area contributed by atoms with E-state index in [4.69, 9.17) is 4.74 Å². The zero-order chi connectivity index (χ0) is 18.2. The molecule has 0 fully saturated rings. The minimum atomic E-state index is -0.0664. The minimum absolute atomic E-state index is 0.0664. The Morgan fingerprint density at radius 2 is 1.58 bits per heavy atom. The van der Waals surface area contributed by atoms with Gasteiger partial charge in [0, 0.05) is 16.8 Å². The normalized spacial score (nSPS) is 9.73. The Morgan fingerprint density at radius 1 is 0.885 bits per heavy atom. The van der Waals surface area contributed by atoms with Crippen LogP contribution in [-0.2, 0) is 11.2 Å². The van der Waals surface area contributed by atoms with E-state index in [1.165, 1.54) is 0 Å². The van der Waals surface area contributed by atoms with Crippen molar-refractivity contribution in [2.24, 2.45) is 0 Å². The van der Waals surface area contributed by atoms with Crippen molar-refractivity contribution in [2.45, 2.75) is 6.42 Å². The molecule has 0 saturated carbocycles. The Balaban J connectivity index is 1.64. The average Bonchev–Trinajstić information content (AvgIpc) is 2.68. The lowest BCUT2D eigenvalue weighted by Crippen LogP contribution is -2.14. The molecule has 128 valence electrons. The van der Waals surface area contributed by atoms with Crippen molar-refractivity contribution in [1.29, 1.82) is 0 Å². The van der Waals surface area contributed by atoms with Gasteiger partial charge in [-0.1, -0.05) is 48.2 Å². The van der Waals surface area contributed by atoms with Crippen LogP contribution in [-0.4, -0.2) is 13.0 Å². The number of carbonyl (C=O) groups is 1. The molecule has 3 aromatic rings. The Kier molecular flexibility index (Phi) is 5.69. The molecule has 1 amide bonds. The number of anilines is 1. The Labute approximate surface area is 153 Å². The number of methoxy groups -OCH3 is 1. The lowest BCUT2D eigenvalue weighted by molar-refractivity contribution is -0.115. The first-order valence-corrected chi connectivity index (χ1v) is 8.33. The molecule has 3 rings (SSSR count). The van der Waals surface area contributed by atoms with Crippen LogP contribution in [0.5, 0.6) is 5.75 Å². The van der Waals surface area contributed by atoms with Crippen LogP contribution in [0.25, 0.3) is 0 Å². The summed E-state index contributed by atoms with van der Waals surface area (Å²) in [6, 6.07) is 24.8. The number of benzene rings is 3. The molecule has 0 saturated heterocycles. The summed E-state index contributed by atoms with van der Waals surface area (Å²) in [6.07, 6.45) is 0.309. The maximum atomic E-state index is 12.2. The molecule has 0 heterocycles. The van der Waals surface area contributed by atoms with Gasteiger partial charge in [0.15, 0.2) is 0 Å². The van der Waals surface area contributed by atoms with Gasteiger partial charge in [-0.2, -0.15) is 0 Å². The molecule has 0 bridgehead atoms. The fraction of sp³-hybridized carbons (Fsp3) is 0.0870. The third-order valence-corrected chi connectivity index (χ3v) is 3.80. The molecule has 0 radical (unpaired) electrons. The van der Waals surface area contributed by atoms with Crippen molar-refractivity contribution in [1.82, 2.24) is 0 Å². The smallest absolute Gasteiger partial charge is 0.228 e. The maximum Gasteiger partial charge on any atom is 0.228 e. The van der Waals surface area contributed by atoms with Gasteiger partial charge in [-0.05, 0) is 48.0 Å². The van der Waals surface area contributed by atoms with Crippen molar-refractivity contribution in [3.8, 4) is 17.6 Å². The van der Waals surface area contributed by atoms with Gasteiger partial charge in [0.25, 0.3) is 0 Å². The molecule has 3 nitrogen and oxygen atoms in total. The first-order chi connectivity index (χ1) is 12.7. The van der Waals surface area contributed by atoms with Crippen molar-refractivity contribution >= 4 is 11.6 Å². The highest BCUT2D eigenvalue weighted by Crippen LogP contribution is 2.14. The van der Waals surface area contributed by atoms with Crippen molar-refractivity contribution < 1.29 is 9.53 Å². The monoisotopic (exact) mass is 341 g/mol. The van der Waals surface area contributed by atoms with Gasteiger partial charge in [-0.15, -0.1) is 0 Å². The second kappa shape index (κ2) is 8.55. The third-order valence-electron chi connectivity index (χ3n) is 3.80. The molecule has 0 unspecified atom stereocenters. The molecular formula is C23H19NO2. The summed E-state index contributed by atoms with van der Waals surface area (Å²) in [6.45, 7) is 0. The Hall–Kier alpha value is -3.51. The van der Waals surface area contributed by atoms with E-state index in [0.717, 1.165) is 28.1 Å². The zero-order valence-corrected chi connectivity index (χ0v) is 14.5. The Bertz CT molecular complexity index is 935. The number of amides is 1. The second-order valence-corrected chi connectivity index (χ2v) is 5.77. The molecule has 0 aromatic heterocycles. The SMILES string of the molecule is COc1ccc(CC(=O)Nc2cccc(C#Cc3ccccc3)c2)cc1. The van der Waals surface area contributed by atoms with E-state index in [1.54, 1.807) is 7.11 Å². The number of hydrogen-bond acceptors (Lipinski definition) is 2. The molecule has 1 N–H and O–H groups in total. The van der Waals surface area contributed by atoms with Gasteiger partial charge in [0.05, 0.1) is 13.5 Å². The fourth-order valence-corrected chi connectivity index (χ4v) is 2.47. The predicted molar refractivity (Wildman–Crippen MR) is 104 cm³/mol. The van der Waals surface area contributed by atoms with E-state index in [-0.39, 0.29) is 5.91 Å². The van der Waals surface area contributed by atoms with Crippen LogP contribution in [0.2, 0.25) is 0 Å². The molecule has 26 heavy (non-hydrogen) atoms. The van der Waals surface area contributed by atoms with Crippen LogP contribution < -0.4 is 10.1 Å². The summed E-state index contributed by atoms with van der Waals surface area (Å²) in [7, 11) is 1.62. The van der Waals surface area contributed by atoms with Crippen molar-refractivity contribution in [3.63, 3.8) is 0 Å². The molecule has 3 heteroatoms.